The number of nitrogens with zero attached hydrogens (tertiary/aromatic N) is 5. The number of rotatable bonds is 7. The molecule has 0 aliphatic heterocycles. The number of pyridine rings is 2. The van der Waals surface area contributed by atoms with Gasteiger partial charge in [-0.3, -0.25) is 9.13 Å². The smallest absolute Gasteiger partial charge is 0.407 e. The van der Waals surface area contributed by atoms with Crippen LogP contribution in [0.2, 0.25) is 0 Å². The van der Waals surface area contributed by atoms with E-state index >= 15 is 0 Å². The number of amides is 1. The van der Waals surface area contributed by atoms with Crippen molar-refractivity contribution in [1.29, 1.82) is 0 Å². The molecular weight excluding hydrogens is 546 g/mol. The summed E-state index contributed by atoms with van der Waals surface area (Å²) < 4.78 is 30.9. The second kappa shape index (κ2) is 10.5. The van der Waals surface area contributed by atoms with Gasteiger partial charge in [-0.25, -0.2) is 24.5 Å². The number of thiazole rings is 1. The molecular formula is C28H35N7O5S. The fourth-order valence-corrected chi connectivity index (χ4v) is 5.83. The van der Waals surface area contributed by atoms with Crippen LogP contribution in [0.1, 0.15) is 67.6 Å². The summed E-state index contributed by atoms with van der Waals surface area (Å²) in [4.78, 5) is 39.5. The second-order valence-corrected chi connectivity index (χ2v) is 12.3. The fourth-order valence-electron chi connectivity index (χ4n) is 4.95. The number of carbonyl (C=O) groups excluding carboxylic acids is 1. The minimum Gasteiger partial charge on any atom is -0.453 e. The molecule has 0 radical (unpaired) electrons. The van der Waals surface area contributed by atoms with Crippen molar-refractivity contribution >= 4 is 40.1 Å². The van der Waals surface area contributed by atoms with Gasteiger partial charge < -0.3 is 25.6 Å². The number of carbonyl (C=O) groups is 1. The van der Waals surface area contributed by atoms with E-state index in [2.05, 4.69) is 25.6 Å². The van der Waals surface area contributed by atoms with Gasteiger partial charge in [-0.05, 0) is 64.7 Å². The zero-order valence-electron chi connectivity index (χ0n) is 26.4. The number of aromatic nitrogens is 5. The molecule has 4 aromatic rings. The predicted octanol–water partition coefficient (Wildman–Crippen LogP) is 3.90. The Labute approximate surface area is 245 Å². The van der Waals surface area contributed by atoms with Gasteiger partial charge in [0.15, 0.2) is 0 Å². The van der Waals surface area contributed by atoms with Crippen LogP contribution >= 0.6 is 11.3 Å². The van der Waals surface area contributed by atoms with Crippen LogP contribution in [0.3, 0.4) is 0 Å². The number of ether oxygens (including phenoxy) is 1. The number of anilines is 2. The highest BCUT2D eigenvalue weighted by molar-refractivity contribution is 7.15. The Balaban J connectivity index is 1.56. The molecule has 12 nitrogen and oxygen atoms in total. The van der Waals surface area contributed by atoms with Crippen molar-refractivity contribution in [2.75, 3.05) is 12.4 Å². The third-order valence-electron chi connectivity index (χ3n) is 7.15. The molecule has 1 amide bonds. The second-order valence-electron chi connectivity index (χ2n) is 11.2. The highest BCUT2D eigenvalue weighted by Gasteiger charge is 2.30. The van der Waals surface area contributed by atoms with Crippen molar-refractivity contribution < 1.29 is 23.9 Å². The topological polar surface area (TPSA) is 156 Å². The Morgan fingerprint density at radius 2 is 1.88 bits per heavy atom. The average molecular weight is 585 g/mol. The lowest BCUT2D eigenvalue weighted by molar-refractivity contribution is 0.0785. The van der Waals surface area contributed by atoms with Crippen LogP contribution in [0.25, 0.3) is 21.7 Å². The first-order valence-electron chi connectivity index (χ1n) is 14.6. The third-order valence-corrected chi connectivity index (χ3v) is 8.49. The molecule has 1 aliphatic rings. The highest BCUT2D eigenvalue weighted by atomic mass is 32.1. The normalized spacial score (nSPS) is 19.0. The lowest BCUT2D eigenvalue weighted by Crippen LogP contribution is -2.33. The Morgan fingerprint density at radius 1 is 1.10 bits per heavy atom. The van der Waals surface area contributed by atoms with Crippen LogP contribution in [0.15, 0.2) is 35.4 Å². The SMILES string of the molecule is [2H]C([2H])([2H])n1c(=O)n([C@@H]2CC[C@@H](NC(=O)OC)C2)c2cc(Nc3cc(C(C)(C)O)cc(-c4ncc(C(C)(C)O)s4)n3)ncc21. The lowest BCUT2D eigenvalue weighted by atomic mass is 9.98. The number of methoxy groups -OCH3 is 1. The number of alkyl carbamates (subject to hydrolysis) is 1. The summed E-state index contributed by atoms with van der Waals surface area (Å²) in [7, 11) is 1.27. The standard InChI is InChI=1S/C28H35N7O5S/c1-27(2,38)15-9-18(24-30-14-21(41-24)28(3,4)39)32-23(10-15)33-22-12-19-20(13-29-22)34(5)26(37)35(19)17-8-7-16(11-17)31-25(36)40-6/h9-10,12-14,16-17,38-39H,7-8,11H2,1-6H3,(H,31,36)(H,29,32,33)/t16-,17-/m1/s1/i5D3. The molecule has 1 fully saturated rings. The van der Waals surface area contributed by atoms with E-state index in [9.17, 15) is 19.8 Å². The molecule has 0 aromatic carbocycles. The van der Waals surface area contributed by atoms with Crippen LogP contribution in [0, 0.1) is 0 Å². The Hall–Kier alpha value is -3.81. The fraction of sp³-hybridized carbons (Fsp3) is 0.464. The van der Waals surface area contributed by atoms with Crippen LogP contribution in [-0.2, 0) is 22.9 Å². The van der Waals surface area contributed by atoms with E-state index in [0.29, 0.717) is 57.6 Å². The maximum absolute atomic E-state index is 13.5. The van der Waals surface area contributed by atoms with E-state index < -0.39 is 30.0 Å². The molecule has 0 saturated heterocycles. The number of hydrogen-bond donors (Lipinski definition) is 4. The molecule has 4 heterocycles. The minimum absolute atomic E-state index is 0.144. The van der Waals surface area contributed by atoms with Gasteiger partial charge in [0.05, 0.1) is 40.4 Å². The van der Waals surface area contributed by atoms with Crippen LogP contribution < -0.4 is 16.3 Å². The van der Waals surface area contributed by atoms with Gasteiger partial charge in [0.1, 0.15) is 22.3 Å². The molecule has 41 heavy (non-hydrogen) atoms. The van der Waals surface area contributed by atoms with Gasteiger partial charge in [0.25, 0.3) is 0 Å². The highest BCUT2D eigenvalue weighted by Crippen LogP contribution is 2.35. The van der Waals surface area contributed by atoms with E-state index in [-0.39, 0.29) is 17.6 Å². The van der Waals surface area contributed by atoms with Crippen molar-refractivity contribution in [3.63, 3.8) is 0 Å². The monoisotopic (exact) mass is 584 g/mol. The quantitative estimate of drug-likeness (QED) is 0.253. The summed E-state index contributed by atoms with van der Waals surface area (Å²) >= 11 is 1.28. The van der Waals surface area contributed by atoms with Crippen molar-refractivity contribution in [3.8, 4) is 10.7 Å². The number of nitrogens with one attached hydrogen (secondary N) is 2. The number of hydrogen-bond acceptors (Lipinski definition) is 10. The molecule has 218 valence electrons. The number of imidazole rings is 1. The number of aliphatic hydroxyl groups is 2. The summed E-state index contributed by atoms with van der Waals surface area (Å²) in [5.74, 6) is 0.623. The van der Waals surface area contributed by atoms with Gasteiger partial charge in [-0.15, -0.1) is 11.3 Å². The van der Waals surface area contributed by atoms with Crippen LogP contribution in [0.5, 0.6) is 0 Å². The van der Waals surface area contributed by atoms with Crippen LogP contribution in [-0.4, -0.2) is 53.5 Å². The first-order valence-corrected chi connectivity index (χ1v) is 14.0. The van der Waals surface area contributed by atoms with Crippen molar-refractivity contribution in [2.45, 2.75) is 70.2 Å². The van der Waals surface area contributed by atoms with E-state index in [0.717, 1.165) is 4.57 Å². The van der Waals surface area contributed by atoms with Gasteiger partial charge in [0.2, 0.25) is 0 Å². The van der Waals surface area contributed by atoms with Gasteiger partial charge in [-0.2, -0.15) is 0 Å². The predicted molar refractivity (Wildman–Crippen MR) is 156 cm³/mol. The molecule has 4 N–H and O–H groups in total. The maximum Gasteiger partial charge on any atom is 0.407 e. The summed E-state index contributed by atoms with van der Waals surface area (Å²) in [5, 5.41) is 27.7. The summed E-state index contributed by atoms with van der Waals surface area (Å²) in [6.07, 6.45) is 3.89. The third kappa shape index (κ3) is 5.83. The van der Waals surface area contributed by atoms with Gasteiger partial charge in [-0.1, -0.05) is 0 Å². The zero-order valence-corrected chi connectivity index (χ0v) is 24.2. The van der Waals surface area contributed by atoms with Crippen molar-refractivity contribution in [1.82, 2.24) is 29.4 Å². The summed E-state index contributed by atoms with van der Waals surface area (Å²) in [5.41, 5.74) is -1.48. The van der Waals surface area contributed by atoms with E-state index in [1.165, 1.54) is 29.2 Å². The van der Waals surface area contributed by atoms with Crippen molar-refractivity contribution in [2.24, 2.45) is 6.98 Å². The molecule has 1 aliphatic carbocycles. The Bertz CT molecular complexity index is 1770. The van der Waals surface area contributed by atoms with Crippen LogP contribution in [0.4, 0.5) is 16.4 Å². The van der Waals surface area contributed by atoms with E-state index in [1.807, 2.05) is 0 Å². The summed E-state index contributed by atoms with van der Waals surface area (Å²) in [6, 6.07) is 4.38. The maximum atomic E-state index is 13.5. The van der Waals surface area contributed by atoms with Crippen molar-refractivity contribution in [3.05, 3.63) is 51.5 Å². The largest absolute Gasteiger partial charge is 0.453 e. The molecule has 0 bridgehead atoms. The molecule has 5 rings (SSSR count). The minimum atomic E-state index is -2.74. The molecule has 0 unspecified atom stereocenters. The Kier molecular flexibility index (Phi) is 6.42. The zero-order chi connectivity index (χ0) is 32.2. The van der Waals surface area contributed by atoms with Gasteiger partial charge >= 0.3 is 11.8 Å². The molecule has 1 saturated carbocycles. The first kappa shape index (κ1) is 24.9. The molecule has 13 heteroatoms. The van der Waals surface area contributed by atoms with E-state index in [1.54, 1.807) is 52.1 Å². The molecule has 0 spiro atoms. The summed E-state index contributed by atoms with van der Waals surface area (Å²) in [6.45, 7) is 3.88. The average Bonchev–Trinajstić information content (AvgIpc) is 3.64. The molecule has 4 aromatic heterocycles. The lowest BCUT2D eigenvalue weighted by Gasteiger charge is -2.20. The van der Waals surface area contributed by atoms with Gasteiger partial charge in [0, 0.05) is 35.4 Å². The Morgan fingerprint density at radius 3 is 2.54 bits per heavy atom. The molecule has 2 atom stereocenters. The number of aryl methyl sites for hydroxylation is 1. The number of fused-ring (bicyclic) bond motifs is 1. The van der Waals surface area contributed by atoms with E-state index in [4.69, 9.17) is 8.85 Å². The first-order chi connectivity index (χ1) is 20.5.